The average Bonchev–Trinajstić information content (AvgIpc) is 2.65. The quantitative estimate of drug-likeness (QED) is 0.104. The minimum absolute atomic E-state index is 0.0544. The second-order valence-electron chi connectivity index (χ2n) is 8.07. The predicted molar refractivity (Wildman–Crippen MR) is 125 cm³/mol. The zero-order valence-electron chi connectivity index (χ0n) is 17.1. The molecule has 0 aromatic rings. The molecular weight excluding hydrogens is 475 g/mol. The fraction of sp³-hybridized carbons (Fsp3) is 0.875. The van der Waals surface area contributed by atoms with Gasteiger partial charge in [-0.2, -0.15) is 12.6 Å². The molecule has 3 N–H and O–H groups in total. The molecule has 1 aliphatic heterocycles. The van der Waals surface area contributed by atoms with E-state index in [-0.39, 0.29) is 30.9 Å². The molecule has 0 radical (unpaired) electrons. The molecule has 170 valence electrons. The van der Waals surface area contributed by atoms with Gasteiger partial charge in [0.1, 0.15) is 6.10 Å². The largest absolute Gasteiger partial charge is 0.383 e. The molecule has 1 fully saturated rings. The van der Waals surface area contributed by atoms with Crippen molar-refractivity contribution in [3.05, 3.63) is 0 Å². The minimum Gasteiger partial charge on any atom is -0.383 e. The number of amides is 2. The van der Waals surface area contributed by atoms with Gasteiger partial charge in [-0.05, 0) is 11.8 Å². The predicted octanol–water partition coefficient (Wildman–Crippen LogP) is 2.54. The van der Waals surface area contributed by atoms with Crippen LogP contribution in [-0.2, 0) is 34.6 Å². The second kappa shape index (κ2) is 12.5. The van der Waals surface area contributed by atoms with Gasteiger partial charge < -0.3 is 29.0 Å². The van der Waals surface area contributed by atoms with E-state index < -0.39 is 23.1 Å². The van der Waals surface area contributed by atoms with E-state index >= 15 is 0 Å². The van der Waals surface area contributed by atoms with E-state index in [0.717, 1.165) is 11.1 Å². The van der Waals surface area contributed by atoms with Crippen molar-refractivity contribution in [3.63, 3.8) is 0 Å². The van der Waals surface area contributed by atoms with Crippen LogP contribution in [0.2, 0.25) is 0 Å². The summed E-state index contributed by atoms with van der Waals surface area (Å²) in [7, 11) is 1.23. The van der Waals surface area contributed by atoms with Crippen molar-refractivity contribution in [2.75, 3.05) is 38.7 Å². The number of thiol groups is 1. The molecular formula is C16H31N2O6PS4. The molecule has 0 aromatic carbocycles. The summed E-state index contributed by atoms with van der Waals surface area (Å²) in [6, 6.07) is 0. The van der Waals surface area contributed by atoms with E-state index in [0.29, 0.717) is 25.5 Å². The van der Waals surface area contributed by atoms with Crippen LogP contribution in [0.4, 0.5) is 0 Å². The minimum atomic E-state index is -2.45. The highest BCUT2D eigenvalue weighted by Crippen LogP contribution is 2.68. The molecule has 0 saturated carbocycles. The van der Waals surface area contributed by atoms with Gasteiger partial charge >= 0.3 is 0 Å². The molecule has 13 heteroatoms. The van der Waals surface area contributed by atoms with E-state index in [1.807, 2.05) is 13.8 Å². The Morgan fingerprint density at radius 1 is 1.31 bits per heavy atom. The zero-order chi connectivity index (χ0) is 22.1. The van der Waals surface area contributed by atoms with Gasteiger partial charge in [0.2, 0.25) is 11.8 Å². The molecule has 1 aliphatic rings. The SMILES string of the molecule is CC1(C)COP(=S)(SSOCC(C)(C)C(O)C(=O)NCCC(=O)NCCS)OC1. The summed E-state index contributed by atoms with van der Waals surface area (Å²) in [6.07, 6.45) is -1.15. The van der Waals surface area contributed by atoms with Crippen LogP contribution in [0.1, 0.15) is 34.1 Å². The molecule has 2 amide bonds. The van der Waals surface area contributed by atoms with Gasteiger partial charge in [-0.1, -0.05) is 27.7 Å². The number of nitrogens with one attached hydrogen (secondary N) is 2. The molecule has 1 rings (SSSR count). The molecule has 0 spiro atoms. The van der Waals surface area contributed by atoms with E-state index in [9.17, 15) is 14.7 Å². The highest BCUT2D eigenvalue weighted by atomic mass is 33.4. The van der Waals surface area contributed by atoms with Crippen LogP contribution in [0.15, 0.2) is 0 Å². The van der Waals surface area contributed by atoms with Crippen LogP contribution in [0.3, 0.4) is 0 Å². The lowest BCUT2D eigenvalue weighted by Crippen LogP contribution is -2.46. The highest BCUT2D eigenvalue weighted by Gasteiger charge is 2.36. The fourth-order valence-electron chi connectivity index (χ4n) is 1.98. The first-order valence-corrected chi connectivity index (χ1v) is 15.1. The van der Waals surface area contributed by atoms with Gasteiger partial charge in [0.05, 0.1) is 30.9 Å². The summed E-state index contributed by atoms with van der Waals surface area (Å²) in [5.41, 5.74) is -3.34. The normalized spacial score (nSPS) is 19.4. The standard InChI is InChI=1S/C16H31N2O6PS4/c1-15(2)9-22-25(27,23-10-15)29-28-24-11-16(3,4)13(20)14(21)18-6-5-12(19)17-7-8-26/h13,20,26H,5-11H2,1-4H3,(H,17,19)(H,18,21). The summed E-state index contributed by atoms with van der Waals surface area (Å²) in [4.78, 5) is 23.7. The molecule has 0 aliphatic carbocycles. The van der Waals surface area contributed by atoms with Crippen molar-refractivity contribution in [2.24, 2.45) is 10.8 Å². The fourth-order valence-corrected chi connectivity index (χ4v) is 7.63. The lowest BCUT2D eigenvalue weighted by atomic mass is 9.87. The van der Waals surface area contributed by atoms with E-state index in [1.165, 1.54) is 10.4 Å². The summed E-state index contributed by atoms with van der Waals surface area (Å²) in [6.45, 7) is 9.33. The summed E-state index contributed by atoms with van der Waals surface area (Å²) >= 11 is 10.5. The van der Waals surface area contributed by atoms with Crippen LogP contribution >= 0.6 is 39.8 Å². The van der Waals surface area contributed by atoms with Crippen LogP contribution in [0, 0.1) is 10.8 Å². The van der Waals surface area contributed by atoms with Crippen LogP contribution in [0.25, 0.3) is 0 Å². The van der Waals surface area contributed by atoms with Crippen molar-refractivity contribution in [1.29, 1.82) is 0 Å². The van der Waals surface area contributed by atoms with Gasteiger partial charge in [-0.3, -0.25) is 9.59 Å². The molecule has 1 heterocycles. The smallest absolute Gasteiger partial charge is 0.260 e. The number of aliphatic hydroxyl groups excluding tert-OH is 1. The van der Waals surface area contributed by atoms with E-state index in [2.05, 4.69) is 23.3 Å². The first-order valence-electron chi connectivity index (χ1n) is 9.11. The summed E-state index contributed by atoms with van der Waals surface area (Å²) in [5.74, 6) is -0.181. The van der Waals surface area contributed by atoms with Crippen LogP contribution < -0.4 is 10.6 Å². The molecule has 1 unspecified atom stereocenters. The first kappa shape index (κ1) is 27.5. The Morgan fingerprint density at radius 3 is 2.52 bits per heavy atom. The third-order valence-electron chi connectivity index (χ3n) is 3.90. The second-order valence-corrected chi connectivity index (χ2v) is 16.2. The highest BCUT2D eigenvalue weighted by molar-refractivity contribution is 9.02. The van der Waals surface area contributed by atoms with Crippen molar-refractivity contribution in [3.8, 4) is 0 Å². The van der Waals surface area contributed by atoms with Crippen molar-refractivity contribution in [1.82, 2.24) is 10.6 Å². The van der Waals surface area contributed by atoms with Gasteiger partial charge in [-0.25, -0.2) is 0 Å². The molecule has 1 atom stereocenters. The maximum atomic E-state index is 12.2. The number of carbonyl (C=O) groups is 2. The van der Waals surface area contributed by atoms with E-state index in [1.54, 1.807) is 13.8 Å². The Bertz CT molecular complexity index is 594. The van der Waals surface area contributed by atoms with Crippen LogP contribution in [0.5, 0.6) is 0 Å². The maximum absolute atomic E-state index is 12.2. The number of carbonyl (C=O) groups excluding carboxylic acids is 2. The lowest BCUT2D eigenvalue weighted by Gasteiger charge is -2.35. The number of aliphatic hydroxyl groups is 1. The zero-order valence-corrected chi connectivity index (χ0v) is 21.4. The summed E-state index contributed by atoms with van der Waals surface area (Å²) < 4.78 is 17.0. The Balaban J connectivity index is 2.31. The molecule has 1 saturated heterocycles. The van der Waals surface area contributed by atoms with Crippen molar-refractivity contribution < 1.29 is 27.9 Å². The molecule has 8 nitrogen and oxygen atoms in total. The number of hydrogen-bond donors (Lipinski definition) is 4. The number of hydrogen-bond acceptors (Lipinski definition) is 10. The molecule has 0 bridgehead atoms. The van der Waals surface area contributed by atoms with Gasteiger partial charge in [0.25, 0.3) is 5.69 Å². The molecule has 29 heavy (non-hydrogen) atoms. The topological polar surface area (TPSA) is 106 Å². The van der Waals surface area contributed by atoms with Gasteiger partial charge in [0.15, 0.2) is 0 Å². The third kappa shape index (κ3) is 10.6. The van der Waals surface area contributed by atoms with Gasteiger partial charge in [-0.15, -0.1) is 0 Å². The van der Waals surface area contributed by atoms with Gasteiger partial charge in [0, 0.05) is 46.5 Å². The van der Waals surface area contributed by atoms with Crippen molar-refractivity contribution >= 4 is 63.4 Å². The average molecular weight is 507 g/mol. The Morgan fingerprint density at radius 2 is 1.93 bits per heavy atom. The van der Waals surface area contributed by atoms with Crippen molar-refractivity contribution in [2.45, 2.75) is 40.2 Å². The Labute approximate surface area is 191 Å². The Hall–Kier alpha value is 0.480. The summed E-state index contributed by atoms with van der Waals surface area (Å²) in [5, 5.41) is 15.5. The number of rotatable bonds is 12. The molecule has 0 aromatic heterocycles. The maximum Gasteiger partial charge on any atom is 0.260 e. The lowest BCUT2D eigenvalue weighted by molar-refractivity contribution is -0.136. The third-order valence-corrected chi connectivity index (χ3v) is 11.6. The monoisotopic (exact) mass is 506 g/mol. The van der Waals surface area contributed by atoms with Crippen LogP contribution in [-0.4, -0.2) is 61.7 Å². The van der Waals surface area contributed by atoms with E-state index in [4.69, 9.17) is 25.0 Å². The first-order chi connectivity index (χ1) is 13.4. The Kier molecular flexibility index (Phi) is 11.9.